The van der Waals surface area contributed by atoms with Gasteiger partial charge in [-0.3, -0.25) is 0 Å². The Balaban J connectivity index is 2.13. The van der Waals surface area contributed by atoms with E-state index in [9.17, 15) is 8.78 Å². The van der Waals surface area contributed by atoms with Crippen LogP contribution in [0.5, 0.6) is 0 Å². The Hall–Kier alpha value is -1.09. The van der Waals surface area contributed by atoms with Gasteiger partial charge in [0.25, 0.3) is 0 Å². The molecule has 0 N–H and O–H groups in total. The maximum Gasteiger partial charge on any atom is 0.159 e. The Morgan fingerprint density at radius 2 is 2.20 bits per heavy atom. The molecule has 0 bridgehead atoms. The lowest BCUT2D eigenvalue weighted by Gasteiger charge is -2.36. The molecule has 1 aliphatic rings. The molecule has 4 heteroatoms. The van der Waals surface area contributed by atoms with Gasteiger partial charge in [-0.2, -0.15) is 0 Å². The van der Waals surface area contributed by atoms with Gasteiger partial charge in [0.15, 0.2) is 11.6 Å². The highest BCUT2D eigenvalue weighted by Crippen LogP contribution is 2.35. The molecule has 1 aromatic rings. The summed E-state index contributed by atoms with van der Waals surface area (Å²) in [6.07, 6.45) is 2.64. The third-order valence-electron chi connectivity index (χ3n) is 3.94. The molecule has 2 atom stereocenters. The zero-order chi connectivity index (χ0) is 14.7. The van der Waals surface area contributed by atoms with E-state index in [-0.39, 0.29) is 12.0 Å². The predicted octanol–water partition coefficient (Wildman–Crippen LogP) is 4.48. The van der Waals surface area contributed by atoms with E-state index in [1.54, 1.807) is 6.07 Å². The standard InChI is InChI=1S/C16H19F2NS/c1-3-11(2)8-14-9-13(6-7-19(14)20)12-4-5-15(17)16(18)10-12/h4-5,10,13-14,20H,1,6-9H2,2H3. The summed E-state index contributed by atoms with van der Waals surface area (Å²) in [4.78, 5) is 0. The monoisotopic (exact) mass is 295 g/mol. The summed E-state index contributed by atoms with van der Waals surface area (Å²) >= 11 is 4.50. The minimum atomic E-state index is -0.789. The number of thiol groups is 1. The highest BCUT2D eigenvalue weighted by molar-refractivity contribution is 7.77. The van der Waals surface area contributed by atoms with Crippen LogP contribution in [0.15, 0.2) is 36.1 Å². The second kappa shape index (κ2) is 6.57. The van der Waals surface area contributed by atoms with Crippen LogP contribution in [0, 0.1) is 11.6 Å². The van der Waals surface area contributed by atoms with Crippen LogP contribution in [-0.4, -0.2) is 16.9 Å². The van der Waals surface area contributed by atoms with Crippen molar-refractivity contribution in [1.82, 2.24) is 4.31 Å². The molecule has 0 radical (unpaired) electrons. The Morgan fingerprint density at radius 3 is 2.85 bits per heavy atom. The lowest BCUT2D eigenvalue weighted by molar-refractivity contribution is 0.251. The third kappa shape index (κ3) is 3.51. The van der Waals surface area contributed by atoms with E-state index >= 15 is 0 Å². The van der Waals surface area contributed by atoms with E-state index in [0.717, 1.165) is 36.9 Å². The van der Waals surface area contributed by atoms with Gasteiger partial charge in [-0.15, -0.1) is 5.73 Å². The van der Waals surface area contributed by atoms with Crippen LogP contribution >= 0.6 is 12.8 Å². The first-order chi connectivity index (χ1) is 9.51. The van der Waals surface area contributed by atoms with Crippen LogP contribution < -0.4 is 0 Å². The van der Waals surface area contributed by atoms with E-state index in [2.05, 4.69) is 25.1 Å². The van der Waals surface area contributed by atoms with Gasteiger partial charge < -0.3 is 0 Å². The molecule has 1 aliphatic heterocycles. The fourth-order valence-corrected chi connectivity index (χ4v) is 3.01. The molecular formula is C16H19F2NS. The molecular weight excluding hydrogens is 276 g/mol. The van der Waals surface area contributed by atoms with Gasteiger partial charge in [0.05, 0.1) is 0 Å². The smallest absolute Gasteiger partial charge is 0.159 e. The molecule has 2 rings (SSSR count). The van der Waals surface area contributed by atoms with Crippen LogP contribution in [0.1, 0.15) is 37.7 Å². The van der Waals surface area contributed by atoms with E-state index in [0.29, 0.717) is 0 Å². The van der Waals surface area contributed by atoms with Crippen molar-refractivity contribution in [2.45, 2.75) is 38.1 Å². The molecule has 1 heterocycles. The second-order valence-electron chi connectivity index (χ2n) is 5.37. The van der Waals surface area contributed by atoms with Crippen LogP contribution in [0.3, 0.4) is 0 Å². The number of benzene rings is 1. The van der Waals surface area contributed by atoms with Gasteiger partial charge in [0.2, 0.25) is 0 Å². The average Bonchev–Trinajstić information content (AvgIpc) is 2.44. The first-order valence-electron chi connectivity index (χ1n) is 6.77. The summed E-state index contributed by atoms with van der Waals surface area (Å²) < 4.78 is 28.4. The number of rotatable bonds is 3. The molecule has 1 nitrogen and oxygen atoms in total. The number of hydrogen-bond acceptors (Lipinski definition) is 2. The molecule has 1 fully saturated rings. The summed E-state index contributed by atoms with van der Waals surface area (Å²) in [6.45, 7) is 6.48. The summed E-state index contributed by atoms with van der Waals surface area (Å²) in [5, 5.41) is 0. The zero-order valence-electron chi connectivity index (χ0n) is 11.6. The molecule has 1 saturated heterocycles. The van der Waals surface area contributed by atoms with Crippen molar-refractivity contribution in [1.29, 1.82) is 0 Å². The molecule has 108 valence electrons. The van der Waals surface area contributed by atoms with Gasteiger partial charge in [-0.1, -0.05) is 25.5 Å². The molecule has 0 aromatic heterocycles. The van der Waals surface area contributed by atoms with Crippen molar-refractivity contribution < 1.29 is 8.78 Å². The predicted molar refractivity (Wildman–Crippen MR) is 80.8 cm³/mol. The van der Waals surface area contributed by atoms with Crippen molar-refractivity contribution in [2.75, 3.05) is 6.54 Å². The lowest BCUT2D eigenvalue weighted by Crippen LogP contribution is -2.35. The first kappa shape index (κ1) is 15.3. The zero-order valence-corrected chi connectivity index (χ0v) is 12.5. The molecule has 0 aliphatic carbocycles. The fraction of sp³-hybridized carbons (Fsp3) is 0.438. The Labute approximate surface area is 124 Å². The average molecular weight is 295 g/mol. The summed E-state index contributed by atoms with van der Waals surface area (Å²) in [7, 11) is 0. The summed E-state index contributed by atoms with van der Waals surface area (Å²) in [5.41, 5.74) is 4.87. The molecule has 0 saturated carbocycles. The van der Waals surface area contributed by atoms with Gasteiger partial charge in [0.1, 0.15) is 0 Å². The van der Waals surface area contributed by atoms with Gasteiger partial charge >= 0.3 is 0 Å². The number of nitrogens with zero attached hydrogens (tertiary/aromatic N) is 1. The third-order valence-corrected chi connectivity index (χ3v) is 4.47. The molecule has 0 amide bonds. The molecule has 20 heavy (non-hydrogen) atoms. The van der Waals surface area contributed by atoms with E-state index < -0.39 is 11.6 Å². The minimum Gasteiger partial charge on any atom is -0.250 e. The van der Waals surface area contributed by atoms with E-state index in [4.69, 9.17) is 0 Å². The maximum absolute atomic E-state index is 13.3. The SMILES string of the molecule is C=C=C(C)CC1CC(c2ccc(F)c(F)c2)CCN1S. The second-order valence-corrected chi connectivity index (χ2v) is 5.89. The van der Waals surface area contributed by atoms with Crippen LogP contribution in [0.25, 0.3) is 0 Å². The van der Waals surface area contributed by atoms with Crippen LogP contribution in [-0.2, 0) is 0 Å². The largest absolute Gasteiger partial charge is 0.250 e. The number of halogens is 2. The normalized spacial score (nSPS) is 23.4. The lowest BCUT2D eigenvalue weighted by atomic mass is 9.84. The van der Waals surface area contributed by atoms with Crippen molar-refractivity contribution in [3.05, 3.63) is 53.3 Å². The Morgan fingerprint density at radius 1 is 1.45 bits per heavy atom. The molecule has 1 aromatic carbocycles. The topological polar surface area (TPSA) is 3.24 Å². The van der Waals surface area contributed by atoms with Crippen LogP contribution in [0.4, 0.5) is 8.78 Å². The van der Waals surface area contributed by atoms with Gasteiger partial charge in [-0.05, 0) is 55.4 Å². The maximum atomic E-state index is 13.3. The van der Waals surface area contributed by atoms with Crippen molar-refractivity contribution >= 4 is 12.8 Å². The molecule has 2 unspecified atom stereocenters. The van der Waals surface area contributed by atoms with Gasteiger partial charge in [0, 0.05) is 12.6 Å². The molecule has 0 spiro atoms. The number of hydrogen-bond donors (Lipinski definition) is 1. The van der Waals surface area contributed by atoms with Crippen molar-refractivity contribution in [3.63, 3.8) is 0 Å². The Bertz CT molecular complexity index is 537. The minimum absolute atomic E-state index is 0.246. The fourth-order valence-electron chi connectivity index (χ4n) is 2.72. The van der Waals surface area contributed by atoms with Gasteiger partial charge in [-0.25, -0.2) is 13.1 Å². The highest BCUT2D eigenvalue weighted by atomic mass is 32.1. The highest BCUT2D eigenvalue weighted by Gasteiger charge is 2.28. The summed E-state index contributed by atoms with van der Waals surface area (Å²) in [6, 6.07) is 4.49. The Kier molecular flexibility index (Phi) is 5.03. The van der Waals surface area contributed by atoms with E-state index in [1.807, 2.05) is 11.2 Å². The van der Waals surface area contributed by atoms with E-state index in [1.165, 1.54) is 12.1 Å². The quantitative estimate of drug-likeness (QED) is 0.635. The number of piperidine rings is 1. The van der Waals surface area contributed by atoms with Crippen LogP contribution in [0.2, 0.25) is 0 Å². The van der Waals surface area contributed by atoms with Crippen molar-refractivity contribution in [3.8, 4) is 0 Å². The summed E-state index contributed by atoms with van der Waals surface area (Å²) in [5.74, 6) is -1.31. The first-order valence-corrected chi connectivity index (χ1v) is 7.17. The van der Waals surface area contributed by atoms with Crippen molar-refractivity contribution in [2.24, 2.45) is 0 Å².